The highest BCUT2D eigenvalue weighted by Gasteiger charge is 2.11. The fourth-order valence-electron chi connectivity index (χ4n) is 1.05. The minimum atomic E-state index is -0.569. The van der Waals surface area contributed by atoms with Crippen LogP contribution in [0.15, 0.2) is 4.99 Å². The first-order chi connectivity index (χ1) is 6.22. The van der Waals surface area contributed by atoms with Crippen LogP contribution in [0.25, 0.3) is 0 Å². The highest BCUT2D eigenvalue weighted by molar-refractivity contribution is 5.33. The van der Waals surface area contributed by atoms with Gasteiger partial charge in [0.2, 0.25) is 6.08 Å². The molecule has 0 aliphatic rings. The third-order valence-corrected chi connectivity index (χ3v) is 1.97. The molecule has 76 valence electrons. The number of nitrogens with zero attached hydrogens (tertiary/aromatic N) is 1. The average molecular weight is 187 g/mol. The Hall–Kier alpha value is -0.700. The van der Waals surface area contributed by atoms with Crippen LogP contribution in [-0.2, 0) is 4.79 Å². The highest BCUT2D eigenvalue weighted by atomic mass is 16.3. The van der Waals surface area contributed by atoms with Crippen LogP contribution in [0.3, 0.4) is 0 Å². The van der Waals surface area contributed by atoms with Crippen molar-refractivity contribution in [1.82, 2.24) is 0 Å². The second-order valence-corrected chi connectivity index (χ2v) is 3.10. The molecule has 13 heavy (non-hydrogen) atoms. The van der Waals surface area contributed by atoms with Gasteiger partial charge in [-0.05, 0) is 19.8 Å². The lowest BCUT2D eigenvalue weighted by atomic mass is 10.1. The van der Waals surface area contributed by atoms with E-state index in [0.29, 0.717) is 6.42 Å². The monoisotopic (exact) mass is 187 g/mol. The Kier molecular flexibility index (Phi) is 7.50. The Labute approximate surface area is 78.3 Å². The highest BCUT2D eigenvalue weighted by Crippen LogP contribution is 2.08. The molecular formula is C9H17NO3. The average Bonchev–Trinajstić information content (AvgIpc) is 2.12. The van der Waals surface area contributed by atoms with E-state index in [1.165, 1.54) is 6.08 Å². The third-order valence-electron chi connectivity index (χ3n) is 1.97. The molecule has 0 heterocycles. The van der Waals surface area contributed by atoms with Gasteiger partial charge in [-0.3, -0.25) is 0 Å². The zero-order valence-electron chi connectivity index (χ0n) is 7.94. The van der Waals surface area contributed by atoms with Crippen molar-refractivity contribution in [2.75, 3.05) is 6.61 Å². The van der Waals surface area contributed by atoms with Crippen molar-refractivity contribution in [2.45, 2.75) is 44.8 Å². The summed E-state index contributed by atoms with van der Waals surface area (Å²) in [7, 11) is 0. The number of aliphatic imine (C=N–C) groups is 1. The summed E-state index contributed by atoms with van der Waals surface area (Å²) in [5.41, 5.74) is 0. The number of isocyanates is 1. The second-order valence-electron chi connectivity index (χ2n) is 3.10. The van der Waals surface area contributed by atoms with Gasteiger partial charge in [0.1, 0.15) is 0 Å². The van der Waals surface area contributed by atoms with E-state index in [2.05, 4.69) is 4.99 Å². The van der Waals surface area contributed by atoms with Gasteiger partial charge in [0.25, 0.3) is 0 Å². The van der Waals surface area contributed by atoms with Gasteiger partial charge in [0, 0.05) is 6.61 Å². The van der Waals surface area contributed by atoms with E-state index in [9.17, 15) is 9.90 Å². The molecular weight excluding hydrogens is 170 g/mol. The number of unbranched alkanes of at least 4 members (excludes halogenated alkanes) is 2. The molecule has 4 nitrogen and oxygen atoms in total. The fraction of sp³-hybridized carbons (Fsp3) is 0.889. The van der Waals surface area contributed by atoms with Crippen molar-refractivity contribution in [1.29, 1.82) is 0 Å². The molecule has 0 aliphatic carbocycles. The molecule has 0 bridgehead atoms. The van der Waals surface area contributed by atoms with Crippen LogP contribution < -0.4 is 0 Å². The molecule has 2 atom stereocenters. The molecule has 0 rings (SSSR count). The van der Waals surface area contributed by atoms with Crippen molar-refractivity contribution in [2.24, 2.45) is 4.99 Å². The standard InChI is InChI=1S/C9H17NO3/c1-8(10-7-12)9(13)5-3-2-4-6-11/h8-9,11,13H,2-6H2,1H3. The summed E-state index contributed by atoms with van der Waals surface area (Å²) in [6, 6.07) is -0.369. The van der Waals surface area contributed by atoms with Crippen LogP contribution in [0.5, 0.6) is 0 Å². The van der Waals surface area contributed by atoms with E-state index in [1.807, 2.05) is 0 Å². The number of aliphatic hydroxyl groups excluding tert-OH is 2. The van der Waals surface area contributed by atoms with Crippen LogP contribution in [0, 0.1) is 0 Å². The summed E-state index contributed by atoms with van der Waals surface area (Å²) in [5.74, 6) is 0. The van der Waals surface area contributed by atoms with E-state index in [1.54, 1.807) is 6.92 Å². The van der Waals surface area contributed by atoms with Gasteiger partial charge in [0.05, 0.1) is 12.1 Å². The van der Waals surface area contributed by atoms with Crippen molar-refractivity contribution in [3.05, 3.63) is 0 Å². The zero-order valence-corrected chi connectivity index (χ0v) is 7.94. The molecule has 0 spiro atoms. The van der Waals surface area contributed by atoms with Gasteiger partial charge in [-0.2, -0.15) is 0 Å². The number of aliphatic hydroxyl groups is 2. The van der Waals surface area contributed by atoms with Gasteiger partial charge >= 0.3 is 0 Å². The van der Waals surface area contributed by atoms with Crippen molar-refractivity contribution in [3.63, 3.8) is 0 Å². The molecule has 0 aliphatic heterocycles. The molecule has 4 heteroatoms. The zero-order chi connectivity index (χ0) is 10.1. The number of rotatable bonds is 7. The van der Waals surface area contributed by atoms with Gasteiger partial charge < -0.3 is 10.2 Å². The predicted molar refractivity (Wildman–Crippen MR) is 49.1 cm³/mol. The summed E-state index contributed by atoms with van der Waals surface area (Å²) < 4.78 is 0. The summed E-state index contributed by atoms with van der Waals surface area (Å²) in [6.07, 6.45) is 3.98. The first-order valence-corrected chi connectivity index (χ1v) is 4.58. The van der Waals surface area contributed by atoms with E-state index < -0.39 is 6.10 Å². The Morgan fingerprint density at radius 3 is 2.62 bits per heavy atom. The predicted octanol–water partition coefficient (Wildman–Crippen LogP) is 0.624. The molecule has 0 amide bonds. The Bertz CT molecular complexity index is 166. The van der Waals surface area contributed by atoms with E-state index >= 15 is 0 Å². The number of carbonyl (C=O) groups excluding carboxylic acids is 1. The lowest BCUT2D eigenvalue weighted by Crippen LogP contribution is -2.20. The molecule has 0 aromatic heterocycles. The molecule has 0 saturated heterocycles. The fourth-order valence-corrected chi connectivity index (χ4v) is 1.05. The smallest absolute Gasteiger partial charge is 0.235 e. The van der Waals surface area contributed by atoms with E-state index in [4.69, 9.17) is 5.11 Å². The summed E-state index contributed by atoms with van der Waals surface area (Å²) in [5, 5.41) is 17.9. The van der Waals surface area contributed by atoms with Crippen molar-refractivity contribution in [3.8, 4) is 0 Å². The minimum Gasteiger partial charge on any atom is -0.396 e. The first kappa shape index (κ1) is 12.3. The van der Waals surface area contributed by atoms with E-state index in [-0.39, 0.29) is 12.6 Å². The summed E-state index contributed by atoms with van der Waals surface area (Å²) in [6.45, 7) is 1.87. The Morgan fingerprint density at radius 2 is 2.08 bits per heavy atom. The SMILES string of the molecule is CC(N=C=O)C(O)CCCCCO. The maximum Gasteiger partial charge on any atom is 0.235 e. The van der Waals surface area contributed by atoms with Crippen LogP contribution >= 0.6 is 0 Å². The Balaban J connectivity index is 3.49. The maximum absolute atomic E-state index is 9.86. The maximum atomic E-state index is 9.86. The topological polar surface area (TPSA) is 69.9 Å². The number of hydrogen-bond donors (Lipinski definition) is 2. The van der Waals surface area contributed by atoms with Crippen molar-refractivity contribution >= 4 is 6.08 Å². The lowest BCUT2D eigenvalue weighted by Gasteiger charge is -2.12. The van der Waals surface area contributed by atoms with Gasteiger partial charge in [0.15, 0.2) is 0 Å². The van der Waals surface area contributed by atoms with Gasteiger partial charge in [-0.15, -0.1) is 0 Å². The summed E-state index contributed by atoms with van der Waals surface area (Å²) >= 11 is 0. The summed E-state index contributed by atoms with van der Waals surface area (Å²) in [4.78, 5) is 13.3. The molecule has 0 aromatic rings. The molecule has 0 aromatic carbocycles. The lowest BCUT2D eigenvalue weighted by molar-refractivity contribution is 0.137. The van der Waals surface area contributed by atoms with Crippen molar-refractivity contribution < 1.29 is 15.0 Å². The van der Waals surface area contributed by atoms with Crippen LogP contribution in [-0.4, -0.2) is 35.0 Å². The molecule has 0 radical (unpaired) electrons. The molecule has 2 unspecified atom stereocenters. The van der Waals surface area contributed by atoms with Crippen LogP contribution in [0.2, 0.25) is 0 Å². The van der Waals surface area contributed by atoms with Gasteiger partial charge in [-0.1, -0.05) is 12.8 Å². The van der Waals surface area contributed by atoms with Gasteiger partial charge in [-0.25, -0.2) is 9.79 Å². The molecule has 0 fully saturated rings. The van der Waals surface area contributed by atoms with Crippen LogP contribution in [0.4, 0.5) is 0 Å². The number of hydrogen-bond acceptors (Lipinski definition) is 4. The first-order valence-electron chi connectivity index (χ1n) is 4.58. The minimum absolute atomic E-state index is 0.193. The molecule has 2 N–H and O–H groups in total. The van der Waals surface area contributed by atoms with Crippen LogP contribution in [0.1, 0.15) is 32.6 Å². The third kappa shape index (κ3) is 6.46. The quantitative estimate of drug-likeness (QED) is 0.349. The normalized spacial score (nSPS) is 14.7. The largest absolute Gasteiger partial charge is 0.396 e. The molecule has 0 saturated carbocycles. The van der Waals surface area contributed by atoms with E-state index in [0.717, 1.165) is 19.3 Å². The second kappa shape index (κ2) is 7.92. The Morgan fingerprint density at radius 1 is 1.38 bits per heavy atom.